The van der Waals surface area contributed by atoms with Crippen LogP contribution in [-0.2, 0) is 14.6 Å². The van der Waals surface area contributed by atoms with Gasteiger partial charge in [-0.2, -0.15) is 0 Å². The predicted molar refractivity (Wildman–Crippen MR) is 86.1 cm³/mol. The van der Waals surface area contributed by atoms with E-state index in [2.05, 4.69) is 0 Å². The zero-order valence-corrected chi connectivity index (χ0v) is 13.9. The Labute approximate surface area is 127 Å². The SMILES string of the molecule is Cc1cccc(N(CCCN)C(=O)C(C)(C)S(C)(=O)=O)c1. The molecule has 0 atom stereocenters. The molecule has 0 heterocycles. The number of amides is 1. The van der Waals surface area contributed by atoms with Crippen LogP contribution in [0.5, 0.6) is 0 Å². The van der Waals surface area contributed by atoms with Gasteiger partial charge in [0.2, 0.25) is 5.91 Å². The number of hydrogen-bond donors (Lipinski definition) is 1. The average Bonchev–Trinajstić information content (AvgIpc) is 2.37. The van der Waals surface area contributed by atoms with Crippen LogP contribution in [0.25, 0.3) is 0 Å². The summed E-state index contributed by atoms with van der Waals surface area (Å²) in [6.07, 6.45) is 1.70. The van der Waals surface area contributed by atoms with Crippen molar-refractivity contribution in [2.45, 2.75) is 31.9 Å². The Bertz CT molecular complexity index is 609. The van der Waals surface area contributed by atoms with Crippen LogP contribution in [0.3, 0.4) is 0 Å². The van der Waals surface area contributed by atoms with Gasteiger partial charge in [0.25, 0.3) is 0 Å². The van der Waals surface area contributed by atoms with Crippen molar-refractivity contribution in [3.63, 3.8) is 0 Å². The molecule has 0 saturated carbocycles. The number of anilines is 1. The van der Waals surface area contributed by atoms with Crippen molar-refractivity contribution in [3.05, 3.63) is 29.8 Å². The molecular formula is C15H24N2O3S. The van der Waals surface area contributed by atoms with Crippen LogP contribution in [0.15, 0.2) is 24.3 Å². The molecule has 2 N–H and O–H groups in total. The van der Waals surface area contributed by atoms with Crippen molar-refractivity contribution in [2.75, 3.05) is 24.2 Å². The van der Waals surface area contributed by atoms with Gasteiger partial charge in [-0.05, 0) is 51.4 Å². The molecule has 1 aromatic carbocycles. The molecule has 1 rings (SSSR count). The van der Waals surface area contributed by atoms with Gasteiger partial charge in [-0.15, -0.1) is 0 Å². The second kappa shape index (κ2) is 6.58. The smallest absolute Gasteiger partial charge is 0.247 e. The molecule has 118 valence electrons. The predicted octanol–water partition coefficient (Wildman–Crippen LogP) is 1.50. The van der Waals surface area contributed by atoms with E-state index in [9.17, 15) is 13.2 Å². The Morgan fingerprint density at radius 2 is 1.95 bits per heavy atom. The van der Waals surface area contributed by atoms with E-state index in [0.29, 0.717) is 25.2 Å². The maximum absolute atomic E-state index is 12.7. The first-order chi connectivity index (χ1) is 9.61. The minimum Gasteiger partial charge on any atom is -0.330 e. The first-order valence-corrected chi connectivity index (χ1v) is 8.78. The van der Waals surface area contributed by atoms with Gasteiger partial charge in [0.05, 0.1) is 0 Å². The minimum atomic E-state index is -3.51. The molecule has 21 heavy (non-hydrogen) atoms. The Morgan fingerprint density at radius 1 is 1.33 bits per heavy atom. The van der Waals surface area contributed by atoms with Gasteiger partial charge in [0, 0.05) is 18.5 Å². The summed E-state index contributed by atoms with van der Waals surface area (Å²) in [6.45, 7) is 5.65. The topological polar surface area (TPSA) is 80.5 Å². The Hall–Kier alpha value is -1.40. The molecule has 6 heteroatoms. The molecule has 0 fully saturated rings. The highest BCUT2D eigenvalue weighted by Crippen LogP contribution is 2.24. The standard InChI is InChI=1S/C15H24N2O3S/c1-12-7-5-8-13(11-12)17(10-6-9-16)14(18)15(2,3)21(4,19)20/h5,7-8,11H,6,9-10,16H2,1-4H3. The molecule has 1 amide bonds. The van der Waals surface area contributed by atoms with Crippen LogP contribution in [0, 0.1) is 6.92 Å². The molecule has 5 nitrogen and oxygen atoms in total. The number of nitrogens with zero attached hydrogens (tertiary/aromatic N) is 1. The first-order valence-electron chi connectivity index (χ1n) is 6.89. The van der Waals surface area contributed by atoms with Gasteiger partial charge in [0.15, 0.2) is 9.84 Å². The number of carbonyl (C=O) groups is 1. The molecule has 0 bridgehead atoms. The molecule has 1 aromatic rings. The lowest BCUT2D eigenvalue weighted by Gasteiger charge is -2.31. The van der Waals surface area contributed by atoms with E-state index in [-0.39, 0.29) is 0 Å². The van der Waals surface area contributed by atoms with Crippen molar-refractivity contribution in [2.24, 2.45) is 5.73 Å². The molecule has 0 aliphatic carbocycles. The lowest BCUT2D eigenvalue weighted by atomic mass is 10.1. The van der Waals surface area contributed by atoms with Crippen molar-refractivity contribution >= 4 is 21.4 Å². The highest BCUT2D eigenvalue weighted by molar-refractivity contribution is 7.92. The third-order valence-electron chi connectivity index (χ3n) is 3.59. The number of aryl methyl sites for hydroxylation is 1. The molecule has 0 spiro atoms. The van der Waals surface area contributed by atoms with Gasteiger partial charge in [-0.3, -0.25) is 4.79 Å². The van der Waals surface area contributed by atoms with E-state index in [4.69, 9.17) is 5.73 Å². The molecule has 0 aliphatic heterocycles. The van der Waals surface area contributed by atoms with Gasteiger partial charge < -0.3 is 10.6 Å². The molecule has 0 aliphatic rings. The number of benzene rings is 1. The van der Waals surface area contributed by atoms with Crippen LogP contribution >= 0.6 is 0 Å². The molecule has 0 radical (unpaired) electrons. The largest absolute Gasteiger partial charge is 0.330 e. The summed E-state index contributed by atoms with van der Waals surface area (Å²) in [5.74, 6) is -0.427. The Kier molecular flexibility index (Phi) is 5.53. The zero-order chi connectivity index (χ0) is 16.3. The van der Waals surface area contributed by atoms with Crippen LogP contribution in [0.1, 0.15) is 25.8 Å². The van der Waals surface area contributed by atoms with Crippen molar-refractivity contribution < 1.29 is 13.2 Å². The number of hydrogen-bond acceptors (Lipinski definition) is 4. The lowest BCUT2D eigenvalue weighted by Crippen LogP contribution is -2.50. The number of carbonyl (C=O) groups excluding carboxylic acids is 1. The van der Waals surface area contributed by atoms with Crippen LogP contribution in [0.2, 0.25) is 0 Å². The fraction of sp³-hybridized carbons (Fsp3) is 0.533. The third-order valence-corrected chi connectivity index (χ3v) is 5.61. The van der Waals surface area contributed by atoms with Gasteiger partial charge in [-0.1, -0.05) is 12.1 Å². The summed E-state index contributed by atoms with van der Waals surface area (Å²) in [5, 5.41) is 0. The number of nitrogens with two attached hydrogens (primary N) is 1. The molecular weight excluding hydrogens is 288 g/mol. The molecule has 0 saturated heterocycles. The van der Waals surface area contributed by atoms with Gasteiger partial charge in [0.1, 0.15) is 4.75 Å². The Balaban J connectivity index is 3.23. The average molecular weight is 312 g/mol. The summed E-state index contributed by atoms with van der Waals surface area (Å²) in [4.78, 5) is 14.2. The van der Waals surface area contributed by atoms with E-state index >= 15 is 0 Å². The number of rotatable bonds is 6. The summed E-state index contributed by atoms with van der Waals surface area (Å²) in [7, 11) is -3.51. The van der Waals surface area contributed by atoms with Gasteiger partial charge in [-0.25, -0.2) is 8.42 Å². The second-order valence-corrected chi connectivity index (χ2v) is 8.29. The van der Waals surface area contributed by atoms with E-state index in [0.717, 1.165) is 11.8 Å². The van der Waals surface area contributed by atoms with Crippen molar-refractivity contribution in [1.29, 1.82) is 0 Å². The normalized spacial score (nSPS) is 12.2. The summed E-state index contributed by atoms with van der Waals surface area (Å²) in [6, 6.07) is 7.45. The van der Waals surface area contributed by atoms with Crippen molar-refractivity contribution in [3.8, 4) is 0 Å². The van der Waals surface area contributed by atoms with E-state index < -0.39 is 20.5 Å². The Morgan fingerprint density at radius 3 is 2.43 bits per heavy atom. The molecule has 0 unspecified atom stereocenters. The maximum Gasteiger partial charge on any atom is 0.247 e. The maximum atomic E-state index is 12.7. The summed E-state index contributed by atoms with van der Waals surface area (Å²) >= 11 is 0. The molecule has 0 aromatic heterocycles. The van der Waals surface area contributed by atoms with Crippen LogP contribution in [0.4, 0.5) is 5.69 Å². The zero-order valence-electron chi connectivity index (χ0n) is 13.1. The number of sulfone groups is 1. The third kappa shape index (κ3) is 4.04. The quantitative estimate of drug-likeness (QED) is 0.863. The van der Waals surface area contributed by atoms with E-state index in [1.165, 1.54) is 18.7 Å². The fourth-order valence-corrected chi connectivity index (χ4v) is 2.30. The monoisotopic (exact) mass is 312 g/mol. The van der Waals surface area contributed by atoms with Crippen molar-refractivity contribution in [1.82, 2.24) is 0 Å². The first kappa shape index (κ1) is 17.7. The summed E-state index contributed by atoms with van der Waals surface area (Å²) < 4.78 is 22.3. The lowest BCUT2D eigenvalue weighted by molar-refractivity contribution is -0.120. The second-order valence-electron chi connectivity index (χ2n) is 5.72. The fourth-order valence-electron chi connectivity index (χ4n) is 1.88. The van der Waals surface area contributed by atoms with E-state index in [1.807, 2.05) is 25.1 Å². The highest BCUT2D eigenvalue weighted by atomic mass is 32.2. The minimum absolute atomic E-state index is 0.401. The van der Waals surface area contributed by atoms with Crippen LogP contribution < -0.4 is 10.6 Å². The van der Waals surface area contributed by atoms with Crippen LogP contribution in [-0.4, -0.2) is 38.4 Å². The summed E-state index contributed by atoms with van der Waals surface area (Å²) in [5.41, 5.74) is 7.23. The van der Waals surface area contributed by atoms with E-state index in [1.54, 1.807) is 6.07 Å². The van der Waals surface area contributed by atoms with Gasteiger partial charge >= 0.3 is 0 Å². The highest BCUT2D eigenvalue weighted by Gasteiger charge is 2.41.